The number of aliphatic hydroxyl groups is 1. The van der Waals surface area contributed by atoms with Gasteiger partial charge in [-0.1, -0.05) is 33.3 Å². The molecule has 0 aliphatic heterocycles. The summed E-state index contributed by atoms with van der Waals surface area (Å²) in [5.41, 5.74) is 2.16. The van der Waals surface area contributed by atoms with Crippen LogP contribution in [0.4, 0.5) is 0 Å². The van der Waals surface area contributed by atoms with Gasteiger partial charge >= 0.3 is 5.97 Å². The molecule has 2 aromatic heterocycles. The number of nitrogens with zero attached hydrogens (tertiary/aromatic N) is 4. The topological polar surface area (TPSA) is 90.1 Å². The Morgan fingerprint density at radius 3 is 3.00 bits per heavy atom. The first-order chi connectivity index (χ1) is 11.1. The normalized spacial score (nSPS) is 10.9. The van der Waals surface area contributed by atoms with Crippen molar-refractivity contribution >= 4 is 32.8 Å². The van der Waals surface area contributed by atoms with Gasteiger partial charge in [0.05, 0.1) is 30.2 Å². The molecule has 0 radical (unpaired) electrons. The molecule has 3 rings (SSSR count). The van der Waals surface area contributed by atoms with Gasteiger partial charge in [0, 0.05) is 22.9 Å². The van der Waals surface area contributed by atoms with Crippen molar-refractivity contribution in [2.45, 2.75) is 6.42 Å². The lowest BCUT2D eigenvalue weighted by Crippen LogP contribution is -2.06. The summed E-state index contributed by atoms with van der Waals surface area (Å²) in [6, 6.07) is 7.22. The Morgan fingerprint density at radius 1 is 1.43 bits per heavy atom. The summed E-state index contributed by atoms with van der Waals surface area (Å²) in [5, 5.41) is 17.9. The standard InChI is InChI=1S/C15H13BrN4O3/c1-23-15(22)12-7-11(16)10-3-2-4-13(14(10)17-12)20-8-9(5-6-21)18-19-20/h2-4,7-8,21H,5-6H2,1H3. The van der Waals surface area contributed by atoms with E-state index in [9.17, 15) is 4.79 Å². The van der Waals surface area contributed by atoms with Crippen LogP contribution in [0.2, 0.25) is 0 Å². The summed E-state index contributed by atoms with van der Waals surface area (Å²) in [7, 11) is 1.31. The third-order valence-electron chi connectivity index (χ3n) is 3.32. The Labute approximate surface area is 140 Å². The molecule has 0 aliphatic carbocycles. The molecule has 1 aromatic carbocycles. The smallest absolute Gasteiger partial charge is 0.356 e. The number of rotatable bonds is 4. The van der Waals surface area contributed by atoms with E-state index in [-0.39, 0.29) is 12.3 Å². The van der Waals surface area contributed by atoms with Gasteiger partial charge in [-0.05, 0) is 12.1 Å². The van der Waals surface area contributed by atoms with E-state index in [0.717, 1.165) is 9.86 Å². The Kier molecular flexibility index (Phi) is 4.35. The fourth-order valence-electron chi connectivity index (χ4n) is 2.23. The second-order valence-corrected chi connectivity index (χ2v) is 5.64. The molecule has 2 heterocycles. The highest BCUT2D eigenvalue weighted by molar-refractivity contribution is 9.10. The average molecular weight is 377 g/mol. The molecule has 0 amide bonds. The monoisotopic (exact) mass is 376 g/mol. The minimum absolute atomic E-state index is 0.00448. The van der Waals surface area contributed by atoms with Crippen molar-refractivity contribution in [3.05, 3.63) is 46.3 Å². The van der Waals surface area contributed by atoms with Crippen molar-refractivity contribution in [1.82, 2.24) is 20.0 Å². The molecule has 0 atom stereocenters. The first-order valence-electron chi connectivity index (χ1n) is 6.84. The lowest BCUT2D eigenvalue weighted by atomic mass is 10.1. The van der Waals surface area contributed by atoms with E-state index in [4.69, 9.17) is 9.84 Å². The highest BCUT2D eigenvalue weighted by Crippen LogP contribution is 2.28. The largest absolute Gasteiger partial charge is 0.464 e. The first-order valence-corrected chi connectivity index (χ1v) is 7.63. The van der Waals surface area contributed by atoms with Gasteiger partial charge in [-0.2, -0.15) is 0 Å². The second kappa shape index (κ2) is 6.43. The summed E-state index contributed by atoms with van der Waals surface area (Å²) >= 11 is 3.46. The number of methoxy groups -OCH3 is 1. The zero-order chi connectivity index (χ0) is 16.4. The van der Waals surface area contributed by atoms with Gasteiger partial charge in [-0.25, -0.2) is 14.5 Å². The van der Waals surface area contributed by atoms with E-state index in [1.165, 1.54) is 7.11 Å². The maximum Gasteiger partial charge on any atom is 0.356 e. The number of halogens is 1. The first kappa shape index (κ1) is 15.6. The molecule has 118 valence electrons. The predicted molar refractivity (Wildman–Crippen MR) is 86.5 cm³/mol. The predicted octanol–water partition coefficient (Wildman–Crippen LogP) is 1.90. The molecule has 0 fully saturated rings. The zero-order valence-electron chi connectivity index (χ0n) is 12.2. The molecule has 0 saturated heterocycles. The lowest BCUT2D eigenvalue weighted by Gasteiger charge is -2.08. The van der Waals surface area contributed by atoms with Crippen LogP contribution in [0, 0.1) is 0 Å². The van der Waals surface area contributed by atoms with Crippen molar-refractivity contribution in [2.24, 2.45) is 0 Å². The molecule has 3 aromatic rings. The average Bonchev–Trinajstić information content (AvgIpc) is 3.02. The van der Waals surface area contributed by atoms with Crippen LogP contribution in [-0.4, -0.2) is 44.8 Å². The highest BCUT2D eigenvalue weighted by atomic mass is 79.9. The van der Waals surface area contributed by atoms with Crippen LogP contribution in [0.1, 0.15) is 16.2 Å². The van der Waals surface area contributed by atoms with E-state index in [1.807, 2.05) is 18.2 Å². The van der Waals surface area contributed by atoms with E-state index in [2.05, 4.69) is 31.2 Å². The van der Waals surface area contributed by atoms with Crippen LogP contribution in [0.3, 0.4) is 0 Å². The van der Waals surface area contributed by atoms with Crippen LogP contribution in [-0.2, 0) is 11.2 Å². The lowest BCUT2D eigenvalue weighted by molar-refractivity contribution is 0.0594. The van der Waals surface area contributed by atoms with Crippen molar-refractivity contribution in [2.75, 3.05) is 13.7 Å². The summed E-state index contributed by atoms with van der Waals surface area (Å²) in [5.74, 6) is -0.512. The minimum Gasteiger partial charge on any atom is -0.464 e. The van der Waals surface area contributed by atoms with Crippen molar-refractivity contribution in [3.8, 4) is 5.69 Å². The van der Waals surface area contributed by atoms with Gasteiger partial charge in [0.2, 0.25) is 0 Å². The summed E-state index contributed by atoms with van der Waals surface area (Å²) in [6.07, 6.45) is 2.15. The number of carbonyl (C=O) groups is 1. The van der Waals surface area contributed by atoms with E-state index in [1.54, 1.807) is 16.9 Å². The number of benzene rings is 1. The van der Waals surface area contributed by atoms with Gasteiger partial charge in [0.25, 0.3) is 0 Å². The zero-order valence-corrected chi connectivity index (χ0v) is 13.8. The molecule has 0 saturated carbocycles. The van der Waals surface area contributed by atoms with Gasteiger partial charge < -0.3 is 9.84 Å². The molecule has 1 N–H and O–H groups in total. The number of carbonyl (C=O) groups excluding carboxylic acids is 1. The fraction of sp³-hybridized carbons (Fsp3) is 0.200. The number of esters is 1. The maximum absolute atomic E-state index is 11.8. The number of hydrogen-bond acceptors (Lipinski definition) is 6. The van der Waals surface area contributed by atoms with E-state index < -0.39 is 5.97 Å². The highest BCUT2D eigenvalue weighted by Gasteiger charge is 2.15. The third-order valence-corrected chi connectivity index (χ3v) is 3.97. The summed E-state index contributed by atoms with van der Waals surface area (Å²) in [6.45, 7) is 0.00448. The number of hydrogen-bond donors (Lipinski definition) is 1. The minimum atomic E-state index is -0.512. The van der Waals surface area contributed by atoms with Crippen LogP contribution in [0.5, 0.6) is 0 Å². The molecule has 0 bridgehead atoms. The molecular formula is C15H13BrN4O3. The molecule has 0 spiro atoms. The maximum atomic E-state index is 11.8. The SMILES string of the molecule is COC(=O)c1cc(Br)c2cccc(-n3cc(CCO)nn3)c2n1. The number of fused-ring (bicyclic) bond motifs is 1. The summed E-state index contributed by atoms with van der Waals surface area (Å²) in [4.78, 5) is 16.2. The van der Waals surface area contributed by atoms with Crippen LogP contribution >= 0.6 is 15.9 Å². The molecule has 0 aliphatic rings. The van der Waals surface area contributed by atoms with Crippen LogP contribution in [0.15, 0.2) is 34.9 Å². The molecule has 8 heteroatoms. The Morgan fingerprint density at radius 2 is 2.26 bits per heavy atom. The second-order valence-electron chi connectivity index (χ2n) is 4.78. The van der Waals surface area contributed by atoms with Gasteiger partial charge in [0.15, 0.2) is 0 Å². The van der Waals surface area contributed by atoms with Crippen molar-refractivity contribution in [3.63, 3.8) is 0 Å². The number of ether oxygens (including phenoxy) is 1. The Hall–Kier alpha value is -2.32. The third kappa shape index (κ3) is 2.95. The number of pyridine rings is 1. The quantitative estimate of drug-likeness (QED) is 0.699. The molecule has 0 unspecified atom stereocenters. The van der Waals surface area contributed by atoms with E-state index in [0.29, 0.717) is 23.3 Å². The Balaban J connectivity index is 2.19. The van der Waals surface area contributed by atoms with Gasteiger partial charge in [0.1, 0.15) is 5.69 Å². The number of aromatic nitrogens is 4. The van der Waals surface area contributed by atoms with Crippen LogP contribution < -0.4 is 0 Å². The fourth-order valence-corrected chi connectivity index (χ4v) is 2.77. The van der Waals surface area contributed by atoms with E-state index >= 15 is 0 Å². The molecule has 23 heavy (non-hydrogen) atoms. The summed E-state index contributed by atoms with van der Waals surface area (Å²) < 4.78 is 7.05. The molecular weight excluding hydrogens is 364 g/mol. The number of para-hydroxylation sites is 1. The Bertz CT molecular complexity index is 878. The van der Waals surface area contributed by atoms with Crippen LogP contribution in [0.25, 0.3) is 16.6 Å². The van der Waals surface area contributed by atoms with Gasteiger partial charge in [-0.15, -0.1) is 5.10 Å². The molecule has 7 nitrogen and oxygen atoms in total. The van der Waals surface area contributed by atoms with Crippen molar-refractivity contribution < 1.29 is 14.6 Å². The van der Waals surface area contributed by atoms with Gasteiger partial charge in [-0.3, -0.25) is 0 Å². The van der Waals surface area contributed by atoms with Crippen molar-refractivity contribution in [1.29, 1.82) is 0 Å². The number of aliphatic hydroxyl groups excluding tert-OH is 1.